The molecule has 4 rings (SSSR count). The van der Waals surface area contributed by atoms with E-state index in [4.69, 9.17) is 5.73 Å². The molecule has 5 nitrogen and oxygen atoms in total. The molecule has 1 aliphatic carbocycles. The van der Waals surface area contributed by atoms with Gasteiger partial charge in [-0.25, -0.2) is 9.67 Å². The van der Waals surface area contributed by atoms with Crippen molar-refractivity contribution in [3.05, 3.63) is 77.1 Å². The average Bonchev–Trinajstić information content (AvgIpc) is 3.28. The molecule has 3 aromatic rings. The molecule has 0 fully saturated rings. The van der Waals surface area contributed by atoms with Gasteiger partial charge in [0.15, 0.2) is 5.96 Å². The average molecular weight is 345 g/mol. The molecule has 132 valence electrons. The van der Waals surface area contributed by atoms with Gasteiger partial charge in [0.25, 0.3) is 0 Å². The number of hydrogen-bond acceptors (Lipinski definition) is 2. The monoisotopic (exact) mass is 345 g/mol. The van der Waals surface area contributed by atoms with Gasteiger partial charge in [0.2, 0.25) is 0 Å². The summed E-state index contributed by atoms with van der Waals surface area (Å²) in [6, 6.07) is 16.6. The first-order valence-electron chi connectivity index (χ1n) is 8.98. The first kappa shape index (κ1) is 16.4. The van der Waals surface area contributed by atoms with Gasteiger partial charge in [0.1, 0.15) is 0 Å². The van der Waals surface area contributed by atoms with Gasteiger partial charge in [-0.05, 0) is 67.1 Å². The molecule has 0 atom stereocenters. The number of fused-ring (bicyclic) bond motifs is 1. The standard InChI is InChI=1S/C21H23N5/c1-15-11-12-26(25-15)20-8-3-2-5-18(20)14-23-21(22)24-19-10-9-16-6-4-7-17(16)13-19/h2-3,5,8-13H,4,6-7,14H2,1H3,(H3,22,23,24). The Kier molecular flexibility index (Phi) is 4.44. The normalized spacial score (nSPS) is 13.7. The van der Waals surface area contributed by atoms with Gasteiger partial charge in [0, 0.05) is 11.9 Å². The van der Waals surface area contributed by atoms with Crippen molar-refractivity contribution in [2.75, 3.05) is 5.32 Å². The Balaban J connectivity index is 1.49. The lowest BCUT2D eigenvalue weighted by Crippen LogP contribution is -2.22. The van der Waals surface area contributed by atoms with E-state index in [0.29, 0.717) is 12.5 Å². The molecule has 0 aliphatic heterocycles. The van der Waals surface area contributed by atoms with Crippen LogP contribution in [0.4, 0.5) is 5.69 Å². The van der Waals surface area contributed by atoms with Crippen molar-refractivity contribution in [2.45, 2.75) is 32.7 Å². The minimum absolute atomic E-state index is 0.425. The summed E-state index contributed by atoms with van der Waals surface area (Å²) in [4.78, 5) is 4.52. The van der Waals surface area contributed by atoms with Gasteiger partial charge in [-0.2, -0.15) is 5.10 Å². The Labute approximate surface area is 153 Å². The molecule has 26 heavy (non-hydrogen) atoms. The van der Waals surface area contributed by atoms with Crippen LogP contribution >= 0.6 is 0 Å². The number of hydrogen-bond donors (Lipinski definition) is 2. The second-order valence-electron chi connectivity index (χ2n) is 6.69. The van der Waals surface area contributed by atoms with Crippen LogP contribution in [0.3, 0.4) is 0 Å². The largest absolute Gasteiger partial charge is 0.370 e. The third-order valence-corrected chi connectivity index (χ3v) is 4.75. The highest BCUT2D eigenvalue weighted by Gasteiger charge is 2.11. The Morgan fingerprint density at radius 1 is 1.15 bits per heavy atom. The van der Waals surface area contributed by atoms with Gasteiger partial charge < -0.3 is 11.1 Å². The number of aryl methyl sites for hydroxylation is 3. The topological polar surface area (TPSA) is 68.2 Å². The maximum Gasteiger partial charge on any atom is 0.193 e. The zero-order valence-corrected chi connectivity index (χ0v) is 14.9. The molecule has 1 heterocycles. The molecule has 0 unspecified atom stereocenters. The first-order chi connectivity index (χ1) is 12.7. The first-order valence-corrected chi connectivity index (χ1v) is 8.98. The van der Waals surface area contributed by atoms with E-state index in [9.17, 15) is 0 Å². The predicted octanol–water partition coefficient (Wildman–Crippen LogP) is 3.60. The van der Waals surface area contributed by atoms with Crippen LogP contribution in [0.1, 0.15) is 28.8 Å². The molecule has 0 saturated heterocycles. The van der Waals surface area contributed by atoms with Crippen molar-refractivity contribution in [3.63, 3.8) is 0 Å². The number of nitrogens with one attached hydrogen (secondary N) is 1. The molecule has 0 bridgehead atoms. The van der Waals surface area contributed by atoms with E-state index in [1.807, 2.05) is 42.1 Å². The van der Waals surface area contributed by atoms with E-state index < -0.39 is 0 Å². The van der Waals surface area contributed by atoms with Crippen LogP contribution in [-0.2, 0) is 19.4 Å². The predicted molar refractivity (Wildman–Crippen MR) is 106 cm³/mol. The third-order valence-electron chi connectivity index (χ3n) is 4.75. The van der Waals surface area contributed by atoms with E-state index in [1.54, 1.807) is 0 Å². The zero-order chi connectivity index (χ0) is 17.9. The Morgan fingerprint density at radius 2 is 2.00 bits per heavy atom. The van der Waals surface area contributed by atoms with Crippen molar-refractivity contribution in [1.29, 1.82) is 0 Å². The fourth-order valence-corrected chi connectivity index (χ4v) is 3.42. The number of rotatable bonds is 4. The minimum Gasteiger partial charge on any atom is -0.370 e. The summed E-state index contributed by atoms with van der Waals surface area (Å²) >= 11 is 0. The maximum atomic E-state index is 6.11. The summed E-state index contributed by atoms with van der Waals surface area (Å²) < 4.78 is 1.88. The van der Waals surface area contributed by atoms with E-state index in [1.165, 1.54) is 24.0 Å². The molecular weight excluding hydrogens is 322 g/mol. The van der Waals surface area contributed by atoms with Crippen molar-refractivity contribution < 1.29 is 0 Å². The number of guanidine groups is 1. The summed E-state index contributed by atoms with van der Waals surface area (Å²) in [6.07, 6.45) is 5.54. The quantitative estimate of drug-likeness (QED) is 0.561. The van der Waals surface area contributed by atoms with Gasteiger partial charge in [0.05, 0.1) is 17.9 Å². The zero-order valence-electron chi connectivity index (χ0n) is 14.9. The molecular formula is C21H23N5. The van der Waals surface area contributed by atoms with Crippen LogP contribution in [0.2, 0.25) is 0 Å². The third kappa shape index (κ3) is 3.47. The van der Waals surface area contributed by atoms with Crippen molar-refractivity contribution in [3.8, 4) is 5.69 Å². The molecule has 0 saturated carbocycles. The van der Waals surface area contributed by atoms with Gasteiger partial charge in [-0.15, -0.1) is 0 Å². The Bertz CT molecular complexity index is 955. The Hall–Kier alpha value is -3.08. The summed E-state index contributed by atoms with van der Waals surface area (Å²) in [7, 11) is 0. The van der Waals surface area contributed by atoms with Crippen LogP contribution in [0.5, 0.6) is 0 Å². The van der Waals surface area contributed by atoms with Crippen LogP contribution in [0, 0.1) is 6.92 Å². The number of aromatic nitrogens is 2. The lowest BCUT2D eigenvalue weighted by atomic mass is 10.1. The fraction of sp³-hybridized carbons (Fsp3) is 0.238. The van der Waals surface area contributed by atoms with Gasteiger partial charge in [-0.3, -0.25) is 0 Å². The lowest BCUT2D eigenvalue weighted by molar-refractivity contribution is 0.844. The van der Waals surface area contributed by atoms with E-state index in [2.05, 4.69) is 39.7 Å². The molecule has 1 aliphatic rings. The molecule has 3 N–H and O–H groups in total. The molecule has 5 heteroatoms. The highest BCUT2D eigenvalue weighted by molar-refractivity contribution is 5.92. The van der Waals surface area contributed by atoms with Crippen LogP contribution in [-0.4, -0.2) is 15.7 Å². The molecule has 0 spiro atoms. The maximum absolute atomic E-state index is 6.11. The van der Waals surface area contributed by atoms with Crippen LogP contribution < -0.4 is 11.1 Å². The van der Waals surface area contributed by atoms with Crippen molar-refractivity contribution >= 4 is 11.6 Å². The minimum atomic E-state index is 0.425. The molecule has 0 amide bonds. The second kappa shape index (κ2) is 7.04. The second-order valence-corrected chi connectivity index (χ2v) is 6.69. The van der Waals surface area contributed by atoms with E-state index in [0.717, 1.165) is 29.1 Å². The van der Waals surface area contributed by atoms with Crippen molar-refractivity contribution in [1.82, 2.24) is 9.78 Å². The Morgan fingerprint density at radius 3 is 2.85 bits per heavy atom. The number of para-hydroxylation sites is 1. The summed E-state index contributed by atoms with van der Waals surface area (Å²) in [5, 5.41) is 7.70. The van der Waals surface area contributed by atoms with Crippen LogP contribution in [0.15, 0.2) is 59.7 Å². The summed E-state index contributed by atoms with van der Waals surface area (Å²) in [5.41, 5.74) is 13.1. The number of nitrogens with zero attached hydrogens (tertiary/aromatic N) is 3. The molecule has 1 aromatic heterocycles. The van der Waals surface area contributed by atoms with E-state index in [-0.39, 0.29) is 0 Å². The van der Waals surface area contributed by atoms with Crippen molar-refractivity contribution in [2.24, 2.45) is 10.7 Å². The summed E-state index contributed by atoms with van der Waals surface area (Å²) in [5.74, 6) is 0.425. The molecule has 2 aromatic carbocycles. The van der Waals surface area contributed by atoms with Crippen LogP contribution in [0.25, 0.3) is 5.69 Å². The molecule has 0 radical (unpaired) electrons. The summed E-state index contributed by atoms with van der Waals surface area (Å²) in [6.45, 7) is 2.48. The number of anilines is 1. The smallest absolute Gasteiger partial charge is 0.193 e. The number of aliphatic imine (C=N–C) groups is 1. The highest BCUT2D eigenvalue weighted by Crippen LogP contribution is 2.24. The highest BCUT2D eigenvalue weighted by atomic mass is 15.3. The van der Waals surface area contributed by atoms with E-state index >= 15 is 0 Å². The fourth-order valence-electron chi connectivity index (χ4n) is 3.42. The lowest BCUT2D eigenvalue weighted by Gasteiger charge is -2.10. The number of nitrogens with two attached hydrogens (primary N) is 1. The van der Waals surface area contributed by atoms with Gasteiger partial charge >= 0.3 is 0 Å². The SMILES string of the molecule is Cc1ccn(-c2ccccc2CN=C(N)Nc2ccc3c(c2)CCC3)n1. The van der Waals surface area contributed by atoms with Gasteiger partial charge in [-0.1, -0.05) is 24.3 Å². The number of benzene rings is 2.